The van der Waals surface area contributed by atoms with Gasteiger partial charge in [0.05, 0.1) is 19.2 Å². The van der Waals surface area contributed by atoms with Crippen LogP contribution in [0.15, 0.2) is 42.5 Å². The molecule has 0 saturated heterocycles. The predicted octanol–water partition coefficient (Wildman–Crippen LogP) is 5.95. The van der Waals surface area contributed by atoms with Gasteiger partial charge in [-0.25, -0.2) is 9.48 Å². The first-order valence-electron chi connectivity index (χ1n) is 12.8. The van der Waals surface area contributed by atoms with Crippen LogP contribution in [-0.4, -0.2) is 44.3 Å². The lowest BCUT2D eigenvalue weighted by Gasteiger charge is -2.26. The van der Waals surface area contributed by atoms with Gasteiger partial charge in [-0.1, -0.05) is 60.7 Å². The van der Waals surface area contributed by atoms with Crippen LogP contribution in [0.25, 0.3) is 10.9 Å². The van der Waals surface area contributed by atoms with E-state index in [1.165, 1.54) is 32.1 Å². The molecule has 1 aliphatic carbocycles. The van der Waals surface area contributed by atoms with E-state index in [4.69, 9.17) is 27.9 Å². The Bertz CT molecular complexity index is 1360. The molecule has 37 heavy (non-hydrogen) atoms. The maximum Gasteiger partial charge on any atom is 0.355 e. The molecule has 0 aliphatic heterocycles. The van der Waals surface area contributed by atoms with Gasteiger partial charge in [0.25, 0.3) is 0 Å². The topological polar surface area (TPSA) is 97.7 Å². The number of ether oxygens (including phenoxy) is 1. The number of benzene rings is 2. The molecule has 1 saturated carbocycles. The highest BCUT2D eigenvalue weighted by Crippen LogP contribution is 2.34. The molecule has 194 valence electrons. The van der Waals surface area contributed by atoms with E-state index < -0.39 is 12.0 Å². The van der Waals surface area contributed by atoms with Crippen LogP contribution in [0.1, 0.15) is 72.5 Å². The Kier molecular flexibility index (Phi) is 8.08. The fourth-order valence-electron chi connectivity index (χ4n) is 5.15. The largest absolute Gasteiger partial charge is 0.461 e. The molecule has 5 rings (SSSR count). The van der Waals surface area contributed by atoms with E-state index in [-0.39, 0.29) is 6.61 Å². The second-order valence-corrected chi connectivity index (χ2v) is 10.4. The Hall–Kier alpha value is -2.94. The average molecular weight is 541 g/mol. The number of carbonyl (C=O) groups excluding carboxylic acids is 1. The number of hydrogen-bond donors (Lipinski definition) is 2. The van der Waals surface area contributed by atoms with Crippen molar-refractivity contribution in [3.05, 3.63) is 75.2 Å². The SMILES string of the molecule is CCOC(=O)c1[nH]c2cc(Cl)ccc2c1C(NCC1CCCCC1)c1nnnn1Cc1ccc(Cl)cc1. The van der Waals surface area contributed by atoms with Crippen molar-refractivity contribution in [3.63, 3.8) is 0 Å². The number of esters is 1. The third-order valence-corrected chi connectivity index (χ3v) is 7.45. The van der Waals surface area contributed by atoms with E-state index in [9.17, 15) is 4.79 Å². The molecule has 2 aromatic carbocycles. The Morgan fingerprint density at radius 1 is 1.14 bits per heavy atom. The summed E-state index contributed by atoms with van der Waals surface area (Å²) >= 11 is 12.4. The lowest BCUT2D eigenvalue weighted by Crippen LogP contribution is -2.32. The number of rotatable bonds is 9. The molecular weight excluding hydrogens is 511 g/mol. The summed E-state index contributed by atoms with van der Waals surface area (Å²) in [6.45, 7) is 3.32. The van der Waals surface area contributed by atoms with E-state index in [0.717, 1.165) is 28.6 Å². The predicted molar refractivity (Wildman–Crippen MR) is 144 cm³/mol. The van der Waals surface area contributed by atoms with Crippen molar-refractivity contribution in [2.24, 2.45) is 5.92 Å². The number of aromatic nitrogens is 5. The summed E-state index contributed by atoms with van der Waals surface area (Å²) < 4.78 is 7.19. The quantitative estimate of drug-likeness (QED) is 0.255. The maximum atomic E-state index is 13.1. The van der Waals surface area contributed by atoms with Gasteiger partial charge in [-0.15, -0.1) is 5.10 Å². The standard InChI is InChI=1S/C27H30Cl2N6O2/c1-2-37-27(36)25-23(21-13-12-20(29)14-22(21)31-25)24(30-15-17-6-4-3-5-7-17)26-32-33-34-35(26)16-18-8-10-19(28)11-9-18/h8-14,17,24,30-31H,2-7,15-16H2,1H3. The van der Waals surface area contributed by atoms with Crippen molar-refractivity contribution in [1.29, 1.82) is 0 Å². The van der Waals surface area contributed by atoms with Gasteiger partial charge in [0.2, 0.25) is 0 Å². The molecule has 1 aliphatic rings. The fraction of sp³-hybridized carbons (Fsp3) is 0.407. The molecule has 2 aromatic heterocycles. The summed E-state index contributed by atoms with van der Waals surface area (Å²) in [7, 11) is 0. The normalized spacial score (nSPS) is 15.2. The van der Waals surface area contributed by atoms with Gasteiger partial charge in [-0.3, -0.25) is 0 Å². The van der Waals surface area contributed by atoms with Crippen LogP contribution in [-0.2, 0) is 11.3 Å². The van der Waals surface area contributed by atoms with Crippen molar-refractivity contribution in [2.75, 3.05) is 13.2 Å². The molecule has 8 nitrogen and oxygen atoms in total. The summed E-state index contributed by atoms with van der Waals surface area (Å²) in [6.07, 6.45) is 6.14. The molecule has 1 atom stereocenters. The minimum absolute atomic E-state index is 0.267. The first-order valence-corrected chi connectivity index (χ1v) is 13.5. The molecule has 10 heteroatoms. The lowest BCUT2D eigenvalue weighted by molar-refractivity contribution is 0.0518. The summed E-state index contributed by atoms with van der Waals surface area (Å²) in [5.41, 5.74) is 2.90. The highest BCUT2D eigenvalue weighted by molar-refractivity contribution is 6.31. The number of fused-ring (bicyclic) bond motifs is 1. The van der Waals surface area contributed by atoms with E-state index in [2.05, 4.69) is 25.8 Å². The second-order valence-electron chi connectivity index (χ2n) is 9.49. The van der Waals surface area contributed by atoms with Crippen LogP contribution >= 0.6 is 23.2 Å². The van der Waals surface area contributed by atoms with Crippen LogP contribution in [0, 0.1) is 5.92 Å². The molecular formula is C27H30Cl2N6O2. The number of halogens is 2. The Morgan fingerprint density at radius 3 is 2.65 bits per heavy atom. The second kappa shape index (κ2) is 11.6. The highest BCUT2D eigenvalue weighted by Gasteiger charge is 2.31. The monoisotopic (exact) mass is 540 g/mol. The number of tetrazole rings is 1. The molecule has 0 bridgehead atoms. The summed E-state index contributed by atoms with van der Waals surface area (Å²) in [5.74, 6) is 0.751. The third kappa shape index (κ3) is 5.81. The van der Waals surface area contributed by atoms with Gasteiger partial charge in [0.15, 0.2) is 5.82 Å². The Morgan fingerprint density at radius 2 is 1.89 bits per heavy atom. The van der Waals surface area contributed by atoms with Crippen LogP contribution in [0.2, 0.25) is 10.0 Å². The molecule has 1 fully saturated rings. The first kappa shape index (κ1) is 25.7. The number of carbonyl (C=O) groups is 1. The first-order chi connectivity index (χ1) is 18.0. The van der Waals surface area contributed by atoms with Crippen molar-refractivity contribution < 1.29 is 9.53 Å². The zero-order valence-electron chi connectivity index (χ0n) is 20.7. The molecule has 0 radical (unpaired) electrons. The molecule has 2 heterocycles. The van der Waals surface area contributed by atoms with Gasteiger partial charge in [0.1, 0.15) is 5.69 Å². The van der Waals surface area contributed by atoms with Gasteiger partial charge >= 0.3 is 5.97 Å². The maximum absolute atomic E-state index is 13.1. The van der Waals surface area contributed by atoms with Crippen molar-refractivity contribution in [1.82, 2.24) is 30.5 Å². The van der Waals surface area contributed by atoms with E-state index in [1.54, 1.807) is 11.6 Å². The smallest absolute Gasteiger partial charge is 0.355 e. The van der Waals surface area contributed by atoms with Gasteiger partial charge in [-0.2, -0.15) is 0 Å². The number of nitrogens with zero attached hydrogens (tertiary/aromatic N) is 4. The summed E-state index contributed by atoms with van der Waals surface area (Å²) in [6, 6.07) is 12.7. The zero-order valence-corrected chi connectivity index (χ0v) is 22.2. The Balaban J connectivity index is 1.59. The molecule has 4 aromatic rings. The molecule has 1 unspecified atom stereocenters. The fourth-order valence-corrected chi connectivity index (χ4v) is 5.45. The number of H-pyrrole nitrogens is 1. The summed E-state index contributed by atoms with van der Waals surface area (Å²) in [4.78, 5) is 16.4. The number of hydrogen-bond acceptors (Lipinski definition) is 6. The molecule has 2 N–H and O–H groups in total. The lowest BCUT2D eigenvalue weighted by atomic mass is 9.89. The molecule has 0 amide bonds. The zero-order chi connectivity index (χ0) is 25.8. The van der Waals surface area contributed by atoms with Crippen LogP contribution in [0.5, 0.6) is 0 Å². The van der Waals surface area contributed by atoms with Crippen molar-refractivity contribution in [2.45, 2.75) is 51.6 Å². The van der Waals surface area contributed by atoms with Gasteiger partial charge in [-0.05, 0) is 72.5 Å². The minimum Gasteiger partial charge on any atom is -0.461 e. The summed E-state index contributed by atoms with van der Waals surface area (Å²) in [5, 5.41) is 18.6. The van der Waals surface area contributed by atoms with Crippen molar-refractivity contribution >= 4 is 40.1 Å². The van der Waals surface area contributed by atoms with Crippen LogP contribution in [0.4, 0.5) is 0 Å². The van der Waals surface area contributed by atoms with Gasteiger partial charge in [0, 0.05) is 26.5 Å². The Labute approximate surface area is 225 Å². The van der Waals surface area contributed by atoms with E-state index in [0.29, 0.717) is 34.0 Å². The van der Waals surface area contributed by atoms with Crippen LogP contribution < -0.4 is 5.32 Å². The number of aromatic amines is 1. The van der Waals surface area contributed by atoms with Crippen LogP contribution in [0.3, 0.4) is 0 Å². The number of nitrogens with one attached hydrogen (secondary N) is 2. The van der Waals surface area contributed by atoms with Gasteiger partial charge < -0.3 is 15.0 Å². The van der Waals surface area contributed by atoms with Crippen molar-refractivity contribution in [3.8, 4) is 0 Å². The van der Waals surface area contributed by atoms with E-state index in [1.807, 2.05) is 42.5 Å². The minimum atomic E-state index is -0.446. The van der Waals surface area contributed by atoms with E-state index >= 15 is 0 Å². The molecule has 0 spiro atoms. The average Bonchev–Trinajstić information content (AvgIpc) is 3.51. The third-order valence-electron chi connectivity index (χ3n) is 6.97. The highest BCUT2D eigenvalue weighted by atomic mass is 35.5.